The molecule has 25 heavy (non-hydrogen) atoms. The second-order valence-electron chi connectivity index (χ2n) is 6.22. The maximum Gasteiger partial charge on any atom is 0.417 e. The predicted molar refractivity (Wildman–Crippen MR) is 88.7 cm³/mol. The van der Waals surface area contributed by atoms with Crippen molar-refractivity contribution in [3.8, 4) is 6.07 Å². The van der Waals surface area contributed by atoms with Gasteiger partial charge in [0, 0.05) is 18.0 Å². The average Bonchev–Trinajstić information content (AvgIpc) is 2.77. The Bertz CT molecular complexity index is 701. The van der Waals surface area contributed by atoms with Crippen molar-refractivity contribution in [3.63, 3.8) is 0 Å². The van der Waals surface area contributed by atoms with E-state index in [9.17, 15) is 18.0 Å². The van der Waals surface area contributed by atoms with Gasteiger partial charge in [0.1, 0.15) is 0 Å². The van der Waals surface area contributed by atoms with E-state index >= 15 is 0 Å². The number of thiol groups is 1. The summed E-state index contributed by atoms with van der Waals surface area (Å²) in [5.74, 6) is 0. The number of nitriles is 1. The molecule has 1 aromatic carbocycles. The van der Waals surface area contributed by atoms with Gasteiger partial charge in [0.25, 0.3) is 0 Å². The van der Waals surface area contributed by atoms with Crippen molar-refractivity contribution in [2.45, 2.75) is 43.3 Å². The summed E-state index contributed by atoms with van der Waals surface area (Å²) in [7, 11) is 0. The second kappa shape index (κ2) is 7.33. The van der Waals surface area contributed by atoms with Gasteiger partial charge in [-0.05, 0) is 44.9 Å². The minimum Gasteiger partial charge on any atom is -0.396 e. The largest absolute Gasteiger partial charge is 0.417 e. The Labute approximate surface area is 146 Å². The van der Waals surface area contributed by atoms with E-state index in [0.717, 1.165) is 12.1 Å². The van der Waals surface area contributed by atoms with Crippen LogP contribution in [0.25, 0.3) is 0 Å². The van der Waals surface area contributed by atoms with Gasteiger partial charge in [-0.1, -0.05) is 11.1 Å². The molecule has 2 N–H and O–H groups in total. The molecule has 0 spiro atoms. The number of nitrogens with zero attached hydrogens (tertiary/aromatic N) is 2. The van der Waals surface area contributed by atoms with Crippen molar-refractivity contribution in [1.82, 2.24) is 9.84 Å². The number of alkyl halides is 3. The molecule has 9 heteroatoms. The van der Waals surface area contributed by atoms with E-state index in [1.165, 1.54) is 12.1 Å². The molecule has 138 valence electrons. The summed E-state index contributed by atoms with van der Waals surface area (Å²) in [6.07, 6.45) is -3.42. The van der Waals surface area contributed by atoms with E-state index in [1.54, 1.807) is 18.9 Å². The quantitative estimate of drug-likeness (QED) is 0.545. The van der Waals surface area contributed by atoms with Crippen molar-refractivity contribution >= 4 is 16.2 Å². The van der Waals surface area contributed by atoms with Crippen molar-refractivity contribution < 1.29 is 23.1 Å². The fourth-order valence-corrected chi connectivity index (χ4v) is 4.75. The summed E-state index contributed by atoms with van der Waals surface area (Å²) in [6.45, 7) is 3.98. The molecule has 1 atom stereocenters. The zero-order chi connectivity index (χ0) is 18.8. The smallest absolute Gasteiger partial charge is 0.396 e. The topological polar surface area (TPSA) is 76.4 Å². The lowest BCUT2D eigenvalue weighted by molar-refractivity contribution is -0.138. The molecule has 1 unspecified atom stereocenters. The molecule has 1 aliphatic rings. The minimum atomic E-state index is -4.66. The molecule has 0 saturated carbocycles. The number of carbonyl (C=O) groups excluding carboxylic acids is 1. The third-order valence-corrected chi connectivity index (χ3v) is 6.29. The third-order valence-electron chi connectivity index (χ3n) is 4.10. The van der Waals surface area contributed by atoms with Gasteiger partial charge in [-0.3, -0.25) is 4.79 Å². The van der Waals surface area contributed by atoms with Crippen LogP contribution in [-0.4, -0.2) is 33.9 Å². The molecule has 0 aliphatic carbocycles. The number of nitrogens with one attached hydrogen (secondary N) is 1. The van der Waals surface area contributed by atoms with Crippen LogP contribution in [0.5, 0.6) is 0 Å². The average molecular weight is 375 g/mol. The standard InChI is InChI=1S/C16H20F3N3O2S/c1-15(2)14(24)25(21-22(15)7-3-4-8-23)12-6-5-11(10-20)13(9-12)16(17,18)19/h5-6,9,21,23,25H,3-4,7-8H2,1-2H3. The highest BCUT2D eigenvalue weighted by atomic mass is 32.2. The number of carbonyl (C=O) groups is 1. The molecule has 1 heterocycles. The number of hydrazine groups is 1. The van der Waals surface area contributed by atoms with Crippen molar-refractivity contribution in [2.24, 2.45) is 0 Å². The SMILES string of the molecule is CC1(C)C(=O)[SH](c2ccc(C#N)c(C(F)(F)F)c2)NN1CCCCO. The van der Waals surface area contributed by atoms with Crippen LogP contribution < -0.4 is 4.83 Å². The molecule has 1 saturated heterocycles. The van der Waals surface area contributed by atoms with Crippen LogP contribution in [0, 0.1) is 11.3 Å². The zero-order valence-corrected chi connectivity index (χ0v) is 14.8. The first-order valence-electron chi connectivity index (χ1n) is 7.73. The Hall–Kier alpha value is -1.60. The van der Waals surface area contributed by atoms with Crippen LogP contribution in [0.2, 0.25) is 0 Å². The van der Waals surface area contributed by atoms with Crippen molar-refractivity contribution in [2.75, 3.05) is 13.2 Å². The molecular weight excluding hydrogens is 355 g/mol. The Morgan fingerprint density at radius 1 is 1.36 bits per heavy atom. The highest BCUT2D eigenvalue weighted by Crippen LogP contribution is 2.46. The molecule has 0 radical (unpaired) electrons. The summed E-state index contributed by atoms with van der Waals surface area (Å²) in [4.78, 5) is 16.0. The van der Waals surface area contributed by atoms with Crippen LogP contribution in [0.15, 0.2) is 23.1 Å². The fourth-order valence-electron chi connectivity index (χ4n) is 2.57. The predicted octanol–water partition coefficient (Wildman–Crippen LogP) is 2.75. The van der Waals surface area contributed by atoms with Crippen molar-refractivity contribution in [1.29, 1.82) is 5.26 Å². The van der Waals surface area contributed by atoms with E-state index in [-0.39, 0.29) is 16.6 Å². The summed E-state index contributed by atoms with van der Waals surface area (Å²) >= 11 is -1.67. The molecule has 1 aromatic rings. The van der Waals surface area contributed by atoms with Gasteiger partial charge in [-0.15, -0.1) is 0 Å². The molecule has 5 nitrogen and oxygen atoms in total. The summed E-state index contributed by atoms with van der Waals surface area (Å²) in [5, 5.41) is 19.3. The summed E-state index contributed by atoms with van der Waals surface area (Å²) < 4.78 is 39.5. The Morgan fingerprint density at radius 3 is 2.60 bits per heavy atom. The van der Waals surface area contributed by atoms with Gasteiger partial charge >= 0.3 is 6.18 Å². The molecule has 1 aliphatic heterocycles. The Morgan fingerprint density at radius 2 is 2.04 bits per heavy atom. The molecule has 0 aromatic heterocycles. The maximum absolute atomic E-state index is 13.2. The van der Waals surface area contributed by atoms with Gasteiger partial charge in [0.05, 0.1) is 22.7 Å². The number of hydrogen-bond donors (Lipinski definition) is 3. The monoisotopic (exact) mass is 375 g/mol. The van der Waals surface area contributed by atoms with Crippen LogP contribution in [-0.2, 0) is 11.0 Å². The van der Waals surface area contributed by atoms with Gasteiger partial charge in [0.2, 0.25) is 5.12 Å². The number of rotatable bonds is 5. The zero-order valence-electron chi connectivity index (χ0n) is 13.9. The lowest BCUT2D eigenvalue weighted by atomic mass is 10.1. The van der Waals surface area contributed by atoms with E-state index < -0.39 is 33.9 Å². The van der Waals surface area contributed by atoms with E-state index in [4.69, 9.17) is 10.4 Å². The van der Waals surface area contributed by atoms with E-state index in [1.807, 2.05) is 0 Å². The number of hydrogen-bond acceptors (Lipinski definition) is 5. The van der Waals surface area contributed by atoms with E-state index in [2.05, 4.69) is 4.83 Å². The van der Waals surface area contributed by atoms with Crippen LogP contribution in [0.4, 0.5) is 13.2 Å². The van der Waals surface area contributed by atoms with Crippen LogP contribution in [0.1, 0.15) is 37.8 Å². The Balaban J connectivity index is 2.33. The first kappa shape index (κ1) is 19.7. The van der Waals surface area contributed by atoms with Crippen molar-refractivity contribution in [3.05, 3.63) is 29.3 Å². The van der Waals surface area contributed by atoms with E-state index in [0.29, 0.717) is 19.4 Å². The minimum absolute atomic E-state index is 0.0432. The maximum atomic E-state index is 13.2. The highest BCUT2D eigenvalue weighted by Gasteiger charge is 2.46. The summed E-state index contributed by atoms with van der Waals surface area (Å²) in [6, 6.07) is 4.94. The number of unbranched alkanes of at least 4 members (excludes halogenated alkanes) is 1. The number of aliphatic hydroxyl groups is 1. The first-order valence-corrected chi connectivity index (χ1v) is 9.07. The lowest BCUT2D eigenvalue weighted by Crippen LogP contribution is -2.46. The summed E-state index contributed by atoms with van der Waals surface area (Å²) in [5.41, 5.74) is -2.34. The fraction of sp³-hybridized carbons (Fsp3) is 0.500. The number of aliphatic hydroxyl groups excluding tert-OH is 1. The normalized spacial score (nSPS) is 22.1. The molecule has 2 rings (SSSR count). The Kier molecular flexibility index (Phi) is 5.79. The molecule has 0 bridgehead atoms. The molecule has 1 fully saturated rings. The van der Waals surface area contributed by atoms with Gasteiger partial charge in [0.15, 0.2) is 0 Å². The van der Waals surface area contributed by atoms with Gasteiger partial charge in [-0.2, -0.15) is 18.4 Å². The number of benzene rings is 1. The van der Waals surface area contributed by atoms with Crippen LogP contribution >= 0.6 is 11.1 Å². The lowest BCUT2D eigenvalue weighted by Gasteiger charge is -2.27. The van der Waals surface area contributed by atoms with Gasteiger partial charge in [-0.25, -0.2) is 9.84 Å². The second-order valence-corrected chi connectivity index (χ2v) is 8.01. The molecular formula is C16H20F3N3O2S. The van der Waals surface area contributed by atoms with Crippen LogP contribution in [0.3, 0.4) is 0 Å². The first-order chi connectivity index (χ1) is 11.6. The van der Waals surface area contributed by atoms with Gasteiger partial charge < -0.3 is 5.11 Å². The third kappa shape index (κ3) is 3.98. The molecule has 0 amide bonds. The highest BCUT2D eigenvalue weighted by molar-refractivity contribution is 8.28. The number of halogens is 3.